The number of benzene rings is 2. The van der Waals surface area contributed by atoms with Crippen LogP contribution in [0, 0.1) is 6.92 Å². The number of halogens is 2. The van der Waals surface area contributed by atoms with Crippen molar-refractivity contribution in [3.8, 4) is 5.69 Å². The van der Waals surface area contributed by atoms with Crippen molar-refractivity contribution in [1.82, 2.24) is 14.5 Å². The average molecular weight is 471 g/mol. The molecule has 0 unspecified atom stereocenters. The normalized spacial score (nSPS) is 10.9. The molecule has 0 aliphatic heterocycles. The van der Waals surface area contributed by atoms with Gasteiger partial charge in [-0.3, -0.25) is 14.2 Å². The Balaban J connectivity index is 1.68. The van der Waals surface area contributed by atoms with Crippen molar-refractivity contribution in [2.24, 2.45) is 0 Å². The summed E-state index contributed by atoms with van der Waals surface area (Å²) in [7, 11) is 0. The number of hydrogen-bond donors (Lipinski definition) is 1. The predicted octanol–water partition coefficient (Wildman–Crippen LogP) is 5.13. The van der Waals surface area contributed by atoms with E-state index in [1.54, 1.807) is 22.8 Å². The fourth-order valence-electron chi connectivity index (χ4n) is 3.04. The van der Waals surface area contributed by atoms with E-state index < -0.39 is 0 Å². The van der Waals surface area contributed by atoms with Crippen molar-refractivity contribution in [3.63, 3.8) is 0 Å². The SMILES string of the molecule is Cc1ccccc1-n1c(SCC(=O)Nc2ncc(Cl)cc2Cl)nc2ccccc2c1=O. The van der Waals surface area contributed by atoms with Crippen LogP contribution < -0.4 is 10.9 Å². The molecule has 0 aliphatic rings. The highest BCUT2D eigenvalue weighted by Gasteiger charge is 2.16. The second-order valence-electron chi connectivity index (χ2n) is 6.66. The number of thioether (sulfide) groups is 1. The minimum absolute atomic E-state index is 0.0112. The van der Waals surface area contributed by atoms with Gasteiger partial charge >= 0.3 is 0 Å². The van der Waals surface area contributed by atoms with Crippen LogP contribution in [-0.4, -0.2) is 26.2 Å². The summed E-state index contributed by atoms with van der Waals surface area (Å²) < 4.78 is 1.54. The van der Waals surface area contributed by atoms with Gasteiger partial charge in [0.05, 0.1) is 32.4 Å². The zero-order valence-corrected chi connectivity index (χ0v) is 18.6. The lowest BCUT2D eigenvalue weighted by atomic mass is 10.2. The van der Waals surface area contributed by atoms with Gasteiger partial charge in [-0.05, 0) is 36.8 Å². The fraction of sp³-hybridized carbons (Fsp3) is 0.0909. The number of pyridine rings is 1. The number of nitrogens with one attached hydrogen (secondary N) is 1. The van der Waals surface area contributed by atoms with Crippen LogP contribution >= 0.6 is 35.0 Å². The molecule has 6 nitrogen and oxygen atoms in total. The van der Waals surface area contributed by atoms with E-state index in [2.05, 4.69) is 15.3 Å². The number of carbonyl (C=O) groups excluding carboxylic acids is 1. The van der Waals surface area contributed by atoms with E-state index in [-0.39, 0.29) is 28.1 Å². The summed E-state index contributed by atoms with van der Waals surface area (Å²) in [6, 6.07) is 16.2. The van der Waals surface area contributed by atoms with E-state index in [9.17, 15) is 9.59 Å². The topological polar surface area (TPSA) is 76.9 Å². The van der Waals surface area contributed by atoms with Gasteiger partial charge in [-0.15, -0.1) is 0 Å². The summed E-state index contributed by atoms with van der Waals surface area (Å²) in [5.74, 6) is -0.100. The lowest BCUT2D eigenvalue weighted by Gasteiger charge is -2.15. The lowest BCUT2D eigenvalue weighted by Crippen LogP contribution is -2.23. The second kappa shape index (κ2) is 9.09. The molecule has 4 rings (SSSR count). The molecule has 0 aliphatic carbocycles. The van der Waals surface area contributed by atoms with Gasteiger partial charge in [-0.2, -0.15) is 0 Å². The molecule has 2 aromatic heterocycles. The Bertz CT molecular complexity index is 1360. The molecule has 1 amide bonds. The molecule has 4 aromatic rings. The average Bonchev–Trinajstić information content (AvgIpc) is 2.75. The van der Waals surface area contributed by atoms with Crippen LogP contribution in [0.4, 0.5) is 5.82 Å². The number of rotatable bonds is 5. The first kappa shape index (κ1) is 21.4. The largest absolute Gasteiger partial charge is 0.309 e. The van der Waals surface area contributed by atoms with Crippen molar-refractivity contribution in [2.45, 2.75) is 12.1 Å². The highest BCUT2D eigenvalue weighted by Crippen LogP contribution is 2.25. The number of amides is 1. The van der Waals surface area contributed by atoms with E-state index in [0.29, 0.717) is 21.1 Å². The summed E-state index contributed by atoms with van der Waals surface area (Å²) in [5.41, 5.74) is 2.02. The maximum Gasteiger partial charge on any atom is 0.266 e. The van der Waals surface area contributed by atoms with Crippen LogP contribution in [-0.2, 0) is 4.79 Å². The van der Waals surface area contributed by atoms with Crippen molar-refractivity contribution in [1.29, 1.82) is 0 Å². The van der Waals surface area contributed by atoms with E-state index in [1.165, 1.54) is 12.3 Å². The maximum absolute atomic E-state index is 13.3. The van der Waals surface area contributed by atoms with Crippen molar-refractivity contribution in [2.75, 3.05) is 11.1 Å². The molecule has 1 N–H and O–H groups in total. The molecule has 2 heterocycles. The summed E-state index contributed by atoms with van der Waals surface area (Å²) >= 11 is 13.1. The lowest BCUT2D eigenvalue weighted by molar-refractivity contribution is -0.113. The van der Waals surface area contributed by atoms with E-state index in [0.717, 1.165) is 23.0 Å². The third-order valence-electron chi connectivity index (χ3n) is 4.50. The van der Waals surface area contributed by atoms with Gasteiger partial charge < -0.3 is 5.32 Å². The highest BCUT2D eigenvalue weighted by atomic mass is 35.5. The number of aromatic nitrogens is 3. The van der Waals surface area contributed by atoms with Gasteiger partial charge in [0, 0.05) is 6.20 Å². The third-order valence-corrected chi connectivity index (χ3v) is 5.93. The highest BCUT2D eigenvalue weighted by molar-refractivity contribution is 7.99. The Morgan fingerprint density at radius 2 is 1.87 bits per heavy atom. The number of carbonyl (C=O) groups is 1. The fourth-order valence-corrected chi connectivity index (χ4v) is 4.27. The number of aryl methyl sites for hydroxylation is 1. The molecule has 0 saturated heterocycles. The van der Waals surface area contributed by atoms with Crippen molar-refractivity contribution >= 4 is 57.6 Å². The summed E-state index contributed by atoms with van der Waals surface area (Å²) in [4.78, 5) is 34.5. The summed E-state index contributed by atoms with van der Waals surface area (Å²) in [6.45, 7) is 1.92. The molecule has 0 bridgehead atoms. The first-order chi connectivity index (χ1) is 14.9. The maximum atomic E-state index is 13.3. The smallest absolute Gasteiger partial charge is 0.266 e. The minimum atomic E-state index is -0.333. The minimum Gasteiger partial charge on any atom is -0.309 e. The zero-order valence-electron chi connectivity index (χ0n) is 16.3. The molecule has 156 valence electrons. The molecule has 31 heavy (non-hydrogen) atoms. The molecule has 0 spiro atoms. The van der Waals surface area contributed by atoms with Gasteiger partial charge in [0.25, 0.3) is 5.56 Å². The van der Waals surface area contributed by atoms with Crippen LogP contribution in [0.15, 0.2) is 70.7 Å². The first-order valence-corrected chi connectivity index (χ1v) is 11.0. The zero-order chi connectivity index (χ0) is 22.0. The molecule has 2 aromatic carbocycles. The molecule has 9 heteroatoms. The van der Waals surface area contributed by atoms with Gasteiger partial charge in [0.2, 0.25) is 5.91 Å². The molecular weight excluding hydrogens is 455 g/mol. The predicted molar refractivity (Wildman–Crippen MR) is 126 cm³/mol. The van der Waals surface area contributed by atoms with Gasteiger partial charge in [0.15, 0.2) is 11.0 Å². The Morgan fingerprint density at radius 3 is 2.65 bits per heavy atom. The Hall–Kier alpha value is -2.87. The van der Waals surface area contributed by atoms with E-state index >= 15 is 0 Å². The molecule has 0 atom stereocenters. The summed E-state index contributed by atoms with van der Waals surface area (Å²) in [6.07, 6.45) is 1.40. The van der Waals surface area contributed by atoms with E-state index in [4.69, 9.17) is 23.2 Å². The van der Waals surface area contributed by atoms with Crippen molar-refractivity contribution in [3.05, 3.63) is 86.8 Å². The number of fused-ring (bicyclic) bond motifs is 1. The van der Waals surface area contributed by atoms with Crippen LogP contribution in [0.5, 0.6) is 0 Å². The standard InChI is InChI=1S/C22H16Cl2N4O2S/c1-13-6-2-5-9-18(13)28-21(30)15-7-3-4-8-17(15)26-22(28)31-12-19(29)27-20-16(24)10-14(23)11-25-20/h2-11H,12H2,1H3,(H,25,27,29). The molecule has 0 saturated carbocycles. The molecule has 0 radical (unpaired) electrons. The molecular formula is C22H16Cl2N4O2S. The quantitative estimate of drug-likeness (QED) is 0.323. The van der Waals surface area contributed by atoms with Crippen LogP contribution in [0.3, 0.4) is 0 Å². The van der Waals surface area contributed by atoms with Crippen LogP contribution in [0.1, 0.15) is 5.56 Å². The third kappa shape index (κ3) is 4.58. The monoisotopic (exact) mass is 470 g/mol. The Kier molecular flexibility index (Phi) is 6.27. The van der Waals surface area contributed by atoms with Gasteiger partial charge in [-0.1, -0.05) is 65.3 Å². The number of nitrogens with zero attached hydrogens (tertiary/aromatic N) is 3. The number of anilines is 1. The second-order valence-corrected chi connectivity index (χ2v) is 8.45. The Morgan fingerprint density at radius 1 is 1.13 bits per heavy atom. The van der Waals surface area contributed by atoms with Crippen LogP contribution in [0.25, 0.3) is 16.6 Å². The number of para-hydroxylation sites is 2. The van der Waals surface area contributed by atoms with Gasteiger partial charge in [-0.25, -0.2) is 9.97 Å². The van der Waals surface area contributed by atoms with Crippen LogP contribution in [0.2, 0.25) is 10.0 Å². The Labute approximate surface area is 192 Å². The first-order valence-electron chi connectivity index (χ1n) is 9.25. The van der Waals surface area contributed by atoms with E-state index in [1.807, 2.05) is 37.3 Å². The van der Waals surface area contributed by atoms with Gasteiger partial charge in [0.1, 0.15) is 0 Å². The van der Waals surface area contributed by atoms with Crippen molar-refractivity contribution < 1.29 is 4.79 Å². The molecule has 0 fully saturated rings. The number of hydrogen-bond acceptors (Lipinski definition) is 5. The summed E-state index contributed by atoms with van der Waals surface area (Å²) in [5, 5.41) is 4.20.